The van der Waals surface area contributed by atoms with E-state index in [1.807, 2.05) is 11.8 Å². The summed E-state index contributed by atoms with van der Waals surface area (Å²) in [5, 5.41) is 6.01. The van der Waals surface area contributed by atoms with Crippen LogP contribution in [0.1, 0.15) is 0 Å². The summed E-state index contributed by atoms with van der Waals surface area (Å²) < 4.78 is 0. The van der Waals surface area contributed by atoms with Gasteiger partial charge >= 0.3 is 0 Å². The van der Waals surface area contributed by atoms with E-state index in [1.165, 1.54) is 97.4 Å². The summed E-state index contributed by atoms with van der Waals surface area (Å²) in [6.07, 6.45) is 0. The summed E-state index contributed by atoms with van der Waals surface area (Å²) in [7, 11) is -2.89. The molecular weight excluding hydrogens is 758 g/mol. The third-order valence-corrected chi connectivity index (χ3v) is 19.6. The Hall–Kier alpha value is -6.72. The Kier molecular flexibility index (Phi) is 7.48. The second kappa shape index (κ2) is 13.1. The normalized spacial score (nSPS) is 14.6. The molecule has 60 heavy (non-hydrogen) atoms. The third kappa shape index (κ3) is 4.63. The van der Waals surface area contributed by atoms with Crippen molar-refractivity contribution in [1.82, 2.24) is 0 Å². The van der Waals surface area contributed by atoms with Crippen molar-refractivity contribution in [3.05, 3.63) is 218 Å². The first-order chi connectivity index (χ1) is 29.8. The first kappa shape index (κ1) is 34.2. The second-order valence-electron chi connectivity index (χ2n) is 16.3. The summed E-state index contributed by atoms with van der Waals surface area (Å²) >= 11 is 1.85. The minimum atomic E-state index is -2.89. The Labute approximate surface area is 357 Å². The molecule has 9 aromatic rings. The summed E-state index contributed by atoms with van der Waals surface area (Å²) in [6, 6.07) is 82.7. The largest absolute Gasteiger partial charge is 0.312 e. The van der Waals surface area contributed by atoms with Crippen LogP contribution in [0.15, 0.2) is 228 Å². The lowest BCUT2D eigenvalue weighted by Gasteiger charge is -2.50. The van der Waals surface area contributed by atoms with Gasteiger partial charge in [-0.15, -0.1) is 0 Å². The van der Waals surface area contributed by atoms with Gasteiger partial charge in [-0.1, -0.05) is 191 Å². The van der Waals surface area contributed by atoms with Crippen LogP contribution in [0.2, 0.25) is 0 Å². The average molecular weight is 795 g/mol. The molecule has 0 bridgehead atoms. The van der Waals surface area contributed by atoms with Crippen LogP contribution >= 0.6 is 11.8 Å². The van der Waals surface area contributed by atoms with E-state index >= 15 is 0 Å². The summed E-state index contributed by atoms with van der Waals surface area (Å²) in [6.45, 7) is 0.224. The van der Waals surface area contributed by atoms with Crippen LogP contribution in [0.5, 0.6) is 0 Å². The van der Waals surface area contributed by atoms with Crippen molar-refractivity contribution in [2.45, 2.75) is 9.79 Å². The van der Waals surface area contributed by atoms with Gasteiger partial charge in [0, 0.05) is 32.5 Å². The topological polar surface area (TPSA) is 6.48 Å². The highest BCUT2D eigenvalue weighted by molar-refractivity contribution is 7.99. The Morgan fingerprint density at radius 3 is 1.37 bits per heavy atom. The fourth-order valence-electron chi connectivity index (χ4n) is 11.2. The van der Waals surface area contributed by atoms with E-state index in [1.54, 1.807) is 0 Å². The van der Waals surface area contributed by atoms with Gasteiger partial charge in [0.05, 0.1) is 11.4 Å². The number of anilines is 6. The molecule has 4 heterocycles. The minimum absolute atomic E-state index is 0.0898. The zero-order valence-corrected chi connectivity index (χ0v) is 34.6. The van der Waals surface area contributed by atoms with E-state index < -0.39 is 8.07 Å². The van der Waals surface area contributed by atoms with Crippen molar-refractivity contribution in [1.29, 1.82) is 0 Å². The molecule has 278 valence electrons. The first-order valence-corrected chi connectivity index (χ1v) is 23.7. The van der Waals surface area contributed by atoms with Gasteiger partial charge in [-0.2, -0.15) is 0 Å². The fourth-order valence-corrected chi connectivity index (χ4v) is 18.1. The number of fused-ring (bicyclic) bond motifs is 12. The van der Waals surface area contributed by atoms with E-state index in [9.17, 15) is 0 Å². The molecule has 0 fully saturated rings. The molecule has 0 saturated carbocycles. The van der Waals surface area contributed by atoms with E-state index in [-0.39, 0.29) is 13.4 Å². The van der Waals surface area contributed by atoms with E-state index in [0.717, 1.165) is 0 Å². The molecule has 0 amide bonds. The Balaban J connectivity index is 1.04. The standard InChI is InChI=1S/C54H36B2N2SSi/c1-2-17-38(18-3-1)57-44-23-8-4-19-40(44)56-43-22-7-15-31-52(43)60(53-32-16-26-47(57)54(53)56)50-29-13-5-20-41(50)55(42-21-6-14-30-51(42)60)37-33-35-39(36-34-37)58-45-24-9-11-27-48(45)59-49-28-12-10-25-46(49)58/h1-36H. The number of hydrogen-bond acceptors (Lipinski definition) is 3. The maximum Gasteiger partial charge on any atom is 0.246 e. The number of para-hydroxylation sites is 4. The monoisotopic (exact) mass is 794 g/mol. The molecule has 0 aromatic heterocycles. The molecule has 0 N–H and O–H groups in total. The highest BCUT2D eigenvalue weighted by Gasteiger charge is 2.56. The Morgan fingerprint density at radius 1 is 0.317 bits per heavy atom. The lowest BCUT2D eigenvalue weighted by Crippen LogP contribution is -2.93. The zero-order chi connectivity index (χ0) is 39.4. The van der Waals surface area contributed by atoms with Gasteiger partial charge in [0.15, 0.2) is 8.07 Å². The fraction of sp³-hybridized carbons (Fsp3) is 0. The molecule has 0 unspecified atom stereocenters. The molecule has 13 rings (SSSR count). The van der Waals surface area contributed by atoms with E-state index in [2.05, 4.69) is 228 Å². The predicted molar refractivity (Wildman–Crippen MR) is 259 cm³/mol. The van der Waals surface area contributed by atoms with E-state index in [0.29, 0.717) is 0 Å². The van der Waals surface area contributed by atoms with Crippen molar-refractivity contribution in [3.63, 3.8) is 0 Å². The molecule has 0 radical (unpaired) electrons. The number of hydrogen-bond donors (Lipinski definition) is 0. The van der Waals surface area contributed by atoms with Gasteiger partial charge in [-0.3, -0.25) is 0 Å². The highest BCUT2D eigenvalue weighted by Crippen LogP contribution is 2.51. The van der Waals surface area contributed by atoms with Crippen LogP contribution < -0.4 is 63.3 Å². The minimum Gasteiger partial charge on any atom is -0.312 e. The second-order valence-corrected chi connectivity index (χ2v) is 21.0. The maximum absolute atomic E-state index is 2.89. The van der Waals surface area contributed by atoms with Crippen molar-refractivity contribution in [3.8, 4) is 0 Å². The van der Waals surface area contributed by atoms with Gasteiger partial charge in [-0.05, 0) is 92.3 Å². The number of rotatable bonds is 3. The molecular formula is C54H36B2N2SSi. The summed E-state index contributed by atoms with van der Waals surface area (Å²) in [5.74, 6) is 0. The van der Waals surface area contributed by atoms with Gasteiger partial charge in [0.25, 0.3) is 0 Å². The molecule has 2 nitrogen and oxygen atoms in total. The van der Waals surface area contributed by atoms with Crippen molar-refractivity contribution >= 4 is 121 Å². The summed E-state index contributed by atoms with van der Waals surface area (Å²) in [4.78, 5) is 7.50. The van der Waals surface area contributed by atoms with Crippen LogP contribution in [0, 0.1) is 0 Å². The molecule has 4 aliphatic heterocycles. The molecule has 0 saturated heterocycles. The molecule has 1 spiro atoms. The van der Waals surface area contributed by atoms with Crippen LogP contribution in [0.25, 0.3) is 0 Å². The molecule has 6 heteroatoms. The Morgan fingerprint density at radius 2 is 0.750 bits per heavy atom. The van der Waals surface area contributed by atoms with Crippen LogP contribution in [-0.2, 0) is 0 Å². The van der Waals surface area contributed by atoms with Crippen molar-refractivity contribution in [2.24, 2.45) is 0 Å². The molecule has 0 aliphatic carbocycles. The summed E-state index contributed by atoms with van der Waals surface area (Å²) in [5.41, 5.74) is 15.8. The van der Waals surface area contributed by atoms with Gasteiger partial charge in [0.2, 0.25) is 13.4 Å². The van der Waals surface area contributed by atoms with Crippen molar-refractivity contribution < 1.29 is 0 Å². The van der Waals surface area contributed by atoms with Gasteiger partial charge in [0.1, 0.15) is 0 Å². The first-order valence-electron chi connectivity index (χ1n) is 20.9. The van der Waals surface area contributed by atoms with Gasteiger partial charge < -0.3 is 9.80 Å². The third-order valence-electron chi connectivity index (χ3n) is 13.5. The zero-order valence-electron chi connectivity index (χ0n) is 32.7. The lowest BCUT2D eigenvalue weighted by atomic mass is 9.34. The lowest BCUT2D eigenvalue weighted by molar-refractivity contribution is 1.17. The SMILES string of the molecule is c1ccc(N2c3ccccc3B3c4ccccc4[Si]4(c5ccccc5B(c5ccc(N6c7ccccc7Sc7ccccc76)cc5)c5ccccc54)c4cccc2c43)cc1. The molecule has 9 aromatic carbocycles. The number of benzene rings is 9. The van der Waals surface area contributed by atoms with Gasteiger partial charge in [-0.25, -0.2) is 0 Å². The number of nitrogens with zero attached hydrogens (tertiary/aromatic N) is 2. The Bertz CT molecular complexity index is 3100. The van der Waals surface area contributed by atoms with Crippen LogP contribution in [0.3, 0.4) is 0 Å². The van der Waals surface area contributed by atoms with E-state index in [4.69, 9.17) is 0 Å². The molecule has 0 atom stereocenters. The highest BCUT2D eigenvalue weighted by atomic mass is 32.2. The maximum atomic E-state index is 2.52. The van der Waals surface area contributed by atoms with Crippen molar-refractivity contribution in [2.75, 3.05) is 9.80 Å². The molecule has 4 aliphatic rings. The van der Waals surface area contributed by atoms with Crippen LogP contribution in [0.4, 0.5) is 34.1 Å². The smallest absolute Gasteiger partial charge is 0.246 e. The van der Waals surface area contributed by atoms with Crippen LogP contribution in [-0.4, -0.2) is 21.5 Å². The quantitative estimate of drug-likeness (QED) is 0.190. The predicted octanol–water partition coefficient (Wildman–Crippen LogP) is 6.44. The average Bonchev–Trinajstić information content (AvgIpc) is 3.32.